The lowest BCUT2D eigenvalue weighted by molar-refractivity contribution is -0.275. The van der Waals surface area contributed by atoms with Crippen LogP contribution in [0, 0.1) is 0 Å². The lowest BCUT2D eigenvalue weighted by Gasteiger charge is -2.31. The first-order valence-electron chi connectivity index (χ1n) is 6.23. The van der Waals surface area contributed by atoms with Crippen LogP contribution < -0.4 is 4.74 Å². The molecule has 118 valence electrons. The Morgan fingerprint density at radius 3 is 2.24 bits per heavy atom. The standard InChI is InChI=1S/C12H15F3N2O3S/c1-16-6-8-17(9-7-16)21(18,19)11-5-3-2-4-10(11)20-12(13,14)15/h2-5H,6-9H2,1H3. The fourth-order valence-corrected chi connectivity index (χ4v) is 3.58. The van der Waals surface area contributed by atoms with E-state index in [0.29, 0.717) is 13.1 Å². The van der Waals surface area contributed by atoms with Crippen LogP contribution in [-0.4, -0.2) is 57.2 Å². The molecule has 21 heavy (non-hydrogen) atoms. The number of hydrogen-bond acceptors (Lipinski definition) is 4. The molecule has 0 atom stereocenters. The number of ether oxygens (including phenoxy) is 1. The Balaban J connectivity index is 2.32. The summed E-state index contributed by atoms with van der Waals surface area (Å²) in [5.41, 5.74) is 0. The molecule has 0 spiro atoms. The zero-order chi connectivity index (χ0) is 15.7. The van der Waals surface area contributed by atoms with Gasteiger partial charge in [0.15, 0.2) is 0 Å². The largest absolute Gasteiger partial charge is 0.573 e. The van der Waals surface area contributed by atoms with Gasteiger partial charge in [-0.3, -0.25) is 0 Å². The van der Waals surface area contributed by atoms with E-state index in [9.17, 15) is 21.6 Å². The minimum atomic E-state index is -4.94. The van der Waals surface area contributed by atoms with Gasteiger partial charge in [-0.05, 0) is 19.2 Å². The molecule has 1 aliphatic rings. The van der Waals surface area contributed by atoms with Crippen LogP contribution in [0.4, 0.5) is 13.2 Å². The highest BCUT2D eigenvalue weighted by Crippen LogP contribution is 2.31. The summed E-state index contributed by atoms with van der Waals surface area (Å²) >= 11 is 0. The lowest BCUT2D eigenvalue weighted by Crippen LogP contribution is -2.47. The SMILES string of the molecule is CN1CCN(S(=O)(=O)c2ccccc2OC(F)(F)F)CC1. The number of sulfonamides is 1. The molecule has 0 saturated carbocycles. The predicted octanol–water partition coefficient (Wildman–Crippen LogP) is 1.52. The van der Waals surface area contributed by atoms with E-state index in [-0.39, 0.29) is 13.1 Å². The van der Waals surface area contributed by atoms with Gasteiger partial charge >= 0.3 is 6.36 Å². The van der Waals surface area contributed by atoms with E-state index in [0.717, 1.165) is 12.1 Å². The van der Waals surface area contributed by atoms with Crippen LogP contribution in [0.25, 0.3) is 0 Å². The van der Waals surface area contributed by atoms with Crippen molar-refractivity contribution >= 4 is 10.0 Å². The smallest absolute Gasteiger partial charge is 0.404 e. The Hall–Kier alpha value is -1.32. The average Bonchev–Trinajstić information content (AvgIpc) is 2.37. The van der Waals surface area contributed by atoms with E-state index >= 15 is 0 Å². The second-order valence-electron chi connectivity index (χ2n) is 4.70. The minimum Gasteiger partial charge on any atom is -0.404 e. The molecular weight excluding hydrogens is 309 g/mol. The number of hydrogen-bond donors (Lipinski definition) is 0. The summed E-state index contributed by atoms with van der Waals surface area (Å²) in [5, 5.41) is 0. The van der Waals surface area contributed by atoms with Crippen molar-refractivity contribution in [3.63, 3.8) is 0 Å². The maximum absolute atomic E-state index is 12.5. The summed E-state index contributed by atoms with van der Waals surface area (Å²) in [4.78, 5) is 1.48. The topological polar surface area (TPSA) is 49.9 Å². The van der Waals surface area contributed by atoms with Gasteiger partial charge in [-0.2, -0.15) is 4.31 Å². The van der Waals surface area contributed by atoms with Gasteiger partial charge in [0, 0.05) is 26.2 Å². The maximum atomic E-state index is 12.5. The molecule has 0 unspecified atom stereocenters. The quantitative estimate of drug-likeness (QED) is 0.846. The van der Waals surface area contributed by atoms with Crippen LogP contribution in [0.15, 0.2) is 29.2 Å². The van der Waals surface area contributed by atoms with Gasteiger partial charge in [-0.25, -0.2) is 8.42 Å². The fourth-order valence-electron chi connectivity index (χ4n) is 2.04. The maximum Gasteiger partial charge on any atom is 0.573 e. The third kappa shape index (κ3) is 3.86. The van der Waals surface area contributed by atoms with E-state index in [1.165, 1.54) is 16.4 Å². The predicted molar refractivity (Wildman–Crippen MR) is 69.4 cm³/mol. The molecule has 0 radical (unpaired) electrons. The first-order chi connectivity index (χ1) is 9.70. The third-order valence-corrected chi connectivity index (χ3v) is 5.09. The van der Waals surface area contributed by atoms with E-state index in [4.69, 9.17) is 0 Å². The lowest BCUT2D eigenvalue weighted by atomic mass is 10.3. The van der Waals surface area contributed by atoms with Crippen LogP contribution in [0.3, 0.4) is 0 Å². The summed E-state index contributed by atoms with van der Waals surface area (Å²) in [5.74, 6) is -0.705. The van der Waals surface area contributed by atoms with Crippen LogP contribution in [0.2, 0.25) is 0 Å². The van der Waals surface area contributed by atoms with Crippen molar-refractivity contribution in [2.45, 2.75) is 11.3 Å². The van der Waals surface area contributed by atoms with Crippen molar-refractivity contribution in [3.05, 3.63) is 24.3 Å². The molecule has 9 heteroatoms. The number of likely N-dealkylation sites (N-methyl/N-ethyl adjacent to an activating group) is 1. The molecule has 2 rings (SSSR count). The molecular formula is C12H15F3N2O3S. The van der Waals surface area contributed by atoms with Crippen LogP contribution >= 0.6 is 0 Å². The summed E-state index contributed by atoms with van der Waals surface area (Å²) in [6.45, 7) is 1.53. The van der Waals surface area contributed by atoms with Gasteiger partial charge in [0.2, 0.25) is 10.0 Å². The molecule has 1 fully saturated rings. The van der Waals surface area contributed by atoms with Gasteiger partial charge < -0.3 is 9.64 Å². The normalized spacial score (nSPS) is 18.7. The molecule has 1 aromatic carbocycles. The van der Waals surface area contributed by atoms with Gasteiger partial charge in [-0.15, -0.1) is 13.2 Å². The average molecular weight is 324 g/mol. The fraction of sp³-hybridized carbons (Fsp3) is 0.500. The molecule has 0 aromatic heterocycles. The number of nitrogens with zero attached hydrogens (tertiary/aromatic N) is 2. The summed E-state index contributed by atoms with van der Waals surface area (Å²) in [6.07, 6.45) is -4.94. The molecule has 0 bridgehead atoms. The number of benzene rings is 1. The van der Waals surface area contributed by atoms with Crippen LogP contribution in [-0.2, 0) is 10.0 Å². The minimum absolute atomic E-state index is 0.235. The molecule has 5 nitrogen and oxygen atoms in total. The van der Waals surface area contributed by atoms with Crippen LogP contribution in [0.5, 0.6) is 5.75 Å². The van der Waals surface area contributed by atoms with Gasteiger partial charge in [0.05, 0.1) is 0 Å². The zero-order valence-corrected chi connectivity index (χ0v) is 12.1. The molecule has 0 amide bonds. The van der Waals surface area contributed by atoms with Crippen molar-refractivity contribution in [1.29, 1.82) is 0 Å². The number of halogens is 3. The van der Waals surface area contributed by atoms with E-state index in [1.807, 2.05) is 11.9 Å². The molecule has 0 aliphatic carbocycles. The van der Waals surface area contributed by atoms with Gasteiger partial charge in [0.25, 0.3) is 0 Å². The number of para-hydroxylation sites is 1. The van der Waals surface area contributed by atoms with Crippen molar-refractivity contribution < 1.29 is 26.3 Å². The molecule has 1 aromatic rings. The van der Waals surface area contributed by atoms with Crippen LogP contribution in [0.1, 0.15) is 0 Å². The van der Waals surface area contributed by atoms with Crippen molar-refractivity contribution in [1.82, 2.24) is 9.21 Å². The van der Waals surface area contributed by atoms with E-state index < -0.39 is 27.0 Å². The third-order valence-electron chi connectivity index (χ3n) is 3.15. The second kappa shape index (κ2) is 5.82. The van der Waals surface area contributed by atoms with E-state index in [2.05, 4.69) is 4.74 Å². The molecule has 0 N–H and O–H groups in total. The Bertz CT molecular complexity index is 596. The van der Waals surface area contributed by atoms with Crippen molar-refractivity contribution in [2.24, 2.45) is 0 Å². The summed E-state index contributed by atoms with van der Waals surface area (Å²) < 4.78 is 67.0. The Morgan fingerprint density at radius 2 is 1.67 bits per heavy atom. The molecule has 1 heterocycles. The molecule has 1 aliphatic heterocycles. The second-order valence-corrected chi connectivity index (χ2v) is 6.61. The highest BCUT2D eigenvalue weighted by atomic mass is 32.2. The number of piperazine rings is 1. The Kier molecular flexibility index (Phi) is 4.45. The Morgan fingerprint density at radius 1 is 1.10 bits per heavy atom. The van der Waals surface area contributed by atoms with Crippen molar-refractivity contribution in [3.8, 4) is 5.75 Å². The number of alkyl halides is 3. The number of rotatable bonds is 3. The van der Waals surface area contributed by atoms with Crippen molar-refractivity contribution in [2.75, 3.05) is 33.2 Å². The van der Waals surface area contributed by atoms with Gasteiger partial charge in [-0.1, -0.05) is 12.1 Å². The Labute approximate surface area is 121 Å². The first kappa shape index (κ1) is 16.1. The highest BCUT2D eigenvalue weighted by molar-refractivity contribution is 7.89. The highest BCUT2D eigenvalue weighted by Gasteiger charge is 2.36. The van der Waals surface area contributed by atoms with E-state index in [1.54, 1.807) is 0 Å². The summed E-state index contributed by atoms with van der Waals surface area (Å²) in [6, 6.07) is 4.78. The zero-order valence-electron chi connectivity index (χ0n) is 11.3. The van der Waals surface area contributed by atoms with Gasteiger partial charge in [0.1, 0.15) is 10.6 Å². The first-order valence-corrected chi connectivity index (χ1v) is 7.67. The summed E-state index contributed by atoms with van der Waals surface area (Å²) in [7, 11) is -2.15. The monoisotopic (exact) mass is 324 g/mol. The molecule has 1 saturated heterocycles.